The standard InChI is InChI=1S/C21H24BFO2/c1-20(2)21(3,4)25-22(24-20)19(23)18(17-13-9-6-10-14-17)15-16-11-7-5-8-12-16/h5-14H,15H2,1-4H3. The molecule has 0 radical (unpaired) electrons. The Bertz CT molecular complexity index is 738. The van der Waals surface area contributed by atoms with E-state index in [2.05, 4.69) is 0 Å². The molecule has 0 atom stereocenters. The molecule has 1 fully saturated rings. The minimum atomic E-state index is -0.982. The van der Waals surface area contributed by atoms with E-state index in [-0.39, 0.29) is 5.73 Å². The Morgan fingerprint density at radius 3 is 1.84 bits per heavy atom. The highest BCUT2D eigenvalue weighted by Crippen LogP contribution is 2.40. The molecule has 0 saturated carbocycles. The van der Waals surface area contributed by atoms with Gasteiger partial charge in [-0.2, -0.15) is 0 Å². The first-order valence-electron chi connectivity index (χ1n) is 8.64. The summed E-state index contributed by atoms with van der Waals surface area (Å²) in [5, 5.41) is 0. The highest BCUT2D eigenvalue weighted by molar-refractivity contribution is 6.55. The molecule has 0 N–H and O–H groups in total. The minimum Gasteiger partial charge on any atom is -0.398 e. The number of benzene rings is 2. The van der Waals surface area contributed by atoms with E-state index in [1.165, 1.54) is 0 Å². The van der Waals surface area contributed by atoms with Gasteiger partial charge in [0, 0.05) is 0 Å². The summed E-state index contributed by atoms with van der Waals surface area (Å²) in [6.07, 6.45) is 0.487. The predicted molar refractivity (Wildman–Crippen MR) is 101 cm³/mol. The SMILES string of the molecule is CC1(C)OB(C(F)=C(Cc2ccccc2)c2ccccc2)OC1(C)C. The number of rotatable bonds is 4. The van der Waals surface area contributed by atoms with Gasteiger partial charge in [-0.15, -0.1) is 0 Å². The van der Waals surface area contributed by atoms with E-state index in [0.29, 0.717) is 12.0 Å². The zero-order chi connectivity index (χ0) is 18.1. The third-order valence-electron chi connectivity index (χ3n) is 5.09. The average molecular weight is 338 g/mol. The Morgan fingerprint density at radius 1 is 0.840 bits per heavy atom. The van der Waals surface area contributed by atoms with Crippen molar-refractivity contribution >= 4 is 12.7 Å². The van der Waals surface area contributed by atoms with Gasteiger partial charge in [-0.1, -0.05) is 60.7 Å². The highest BCUT2D eigenvalue weighted by atomic mass is 19.1. The van der Waals surface area contributed by atoms with Crippen molar-refractivity contribution < 1.29 is 13.7 Å². The van der Waals surface area contributed by atoms with Crippen LogP contribution in [-0.2, 0) is 15.7 Å². The third-order valence-corrected chi connectivity index (χ3v) is 5.09. The Labute approximate surface area is 149 Å². The Kier molecular flexibility index (Phi) is 4.85. The molecular weight excluding hydrogens is 314 g/mol. The normalized spacial score (nSPS) is 19.6. The fraction of sp³-hybridized carbons (Fsp3) is 0.333. The molecule has 2 aromatic rings. The van der Waals surface area contributed by atoms with Gasteiger partial charge in [0.25, 0.3) is 0 Å². The summed E-state index contributed by atoms with van der Waals surface area (Å²) in [7, 11) is -0.982. The molecule has 3 rings (SSSR count). The molecule has 0 bridgehead atoms. The fourth-order valence-corrected chi connectivity index (χ4v) is 2.85. The van der Waals surface area contributed by atoms with Crippen LogP contribution in [0.4, 0.5) is 4.39 Å². The molecule has 2 aromatic carbocycles. The van der Waals surface area contributed by atoms with Crippen LogP contribution >= 0.6 is 0 Å². The van der Waals surface area contributed by atoms with Gasteiger partial charge in [-0.05, 0) is 50.8 Å². The number of hydrogen-bond acceptors (Lipinski definition) is 2. The van der Waals surface area contributed by atoms with E-state index >= 15 is 4.39 Å². The zero-order valence-corrected chi connectivity index (χ0v) is 15.3. The molecule has 130 valence electrons. The zero-order valence-electron chi connectivity index (χ0n) is 15.3. The maximum absolute atomic E-state index is 15.5. The first kappa shape index (κ1) is 17.9. The molecule has 0 aliphatic carbocycles. The van der Waals surface area contributed by atoms with Gasteiger partial charge < -0.3 is 9.31 Å². The lowest BCUT2D eigenvalue weighted by Crippen LogP contribution is -2.41. The Morgan fingerprint density at radius 2 is 1.32 bits per heavy atom. The lowest BCUT2D eigenvalue weighted by atomic mass is 9.81. The highest BCUT2D eigenvalue weighted by Gasteiger charge is 2.53. The molecule has 0 spiro atoms. The molecule has 1 heterocycles. The van der Waals surface area contributed by atoms with Gasteiger partial charge in [0.2, 0.25) is 0 Å². The second-order valence-electron chi connectivity index (χ2n) is 7.44. The van der Waals surface area contributed by atoms with Gasteiger partial charge >= 0.3 is 7.12 Å². The molecule has 1 aliphatic rings. The molecule has 25 heavy (non-hydrogen) atoms. The first-order chi connectivity index (χ1) is 11.8. The summed E-state index contributed by atoms with van der Waals surface area (Å²) in [4.78, 5) is 0. The van der Waals surface area contributed by atoms with Gasteiger partial charge in [0.1, 0.15) is 5.73 Å². The third kappa shape index (κ3) is 3.70. The number of halogens is 1. The van der Waals surface area contributed by atoms with E-state index in [4.69, 9.17) is 9.31 Å². The average Bonchev–Trinajstić information content (AvgIpc) is 2.82. The Balaban J connectivity index is 2.00. The maximum atomic E-state index is 15.5. The topological polar surface area (TPSA) is 18.5 Å². The maximum Gasteiger partial charge on any atom is 0.525 e. The molecule has 1 aliphatic heterocycles. The lowest BCUT2D eigenvalue weighted by molar-refractivity contribution is 0.00578. The van der Waals surface area contributed by atoms with Crippen LogP contribution in [0.3, 0.4) is 0 Å². The molecule has 2 nitrogen and oxygen atoms in total. The van der Waals surface area contributed by atoms with Crippen LogP contribution in [0.15, 0.2) is 66.4 Å². The fourth-order valence-electron chi connectivity index (χ4n) is 2.85. The largest absolute Gasteiger partial charge is 0.525 e. The summed E-state index contributed by atoms with van der Waals surface area (Å²) in [5.74, 6) is 0. The van der Waals surface area contributed by atoms with Gasteiger partial charge in [-0.25, -0.2) is 4.39 Å². The Hall–Kier alpha value is -1.91. The summed E-state index contributed by atoms with van der Waals surface area (Å²) < 4.78 is 27.3. The molecule has 0 amide bonds. The predicted octanol–water partition coefficient (Wildman–Crippen LogP) is 5.24. The van der Waals surface area contributed by atoms with Gasteiger partial charge in [0.15, 0.2) is 0 Å². The number of hydrogen-bond donors (Lipinski definition) is 0. The molecule has 0 unspecified atom stereocenters. The van der Waals surface area contributed by atoms with E-state index < -0.39 is 18.3 Å². The van der Waals surface area contributed by atoms with Crippen molar-refractivity contribution in [3.8, 4) is 0 Å². The van der Waals surface area contributed by atoms with Crippen LogP contribution in [-0.4, -0.2) is 18.3 Å². The minimum absolute atomic E-state index is 0.353. The van der Waals surface area contributed by atoms with Crippen LogP contribution in [0.2, 0.25) is 0 Å². The van der Waals surface area contributed by atoms with Crippen molar-refractivity contribution in [3.05, 3.63) is 77.5 Å². The van der Waals surface area contributed by atoms with E-state index in [0.717, 1.165) is 11.1 Å². The van der Waals surface area contributed by atoms with Crippen molar-refractivity contribution in [2.75, 3.05) is 0 Å². The smallest absolute Gasteiger partial charge is 0.398 e. The molecule has 1 saturated heterocycles. The van der Waals surface area contributed by atoms with E-state index in [1.807, 2.05) is 88.4 Å². The number of allylic oxidation sites excluding steroid dienone is 1. The van der Waals surface area contributed by atoms with Crippen molar-refractivity contribution in [1.29, 1.82) is 0 Å². The quantitative estimate of drug-likeness (QED) is 0.710. The van der Waals surface area contributed by atoms with Crippen LogP contribution in [0, 0.1) is 0 Å². The van der Waals surface area contributed by atoms with Gasteiger partial charge in [-0.3, -0.25) is 0 Å². The summed E-state index contributed by atoms with van der Waals surface area (Å²) in [6.45, 7) is 7.72. The van der Waals surface area contributed by atoms with Crippen molar-refractivity contribution in [2.45, 2.75) is 45.3 Å². The van der Waals surface area contributed by atoms with Crippen molar-refractivity contribution in [3.63, 3.8) is 0 Å². The van der Waals surface area contributed by atoms with Crippen molar-refractivity contribution in [2.24, 2.45) is 0 Å². The van der Waals surface area contributed by atoms with Crippen LogP contribution < -0.4 is 0 Å². The van der Waals surface area contributed by atoms with Crippen LogP contribution in [0.1, 0.15) is 38.8 Å². The second-order valence-corrected chi connectivity index (χ2v) is 7.44. The molecule has 4 heteroatoms. The van der Waals surface area contributed by atoms with E-state index in [9.17, 15) is 0 Å². The summed E-state index contributed by atoms with van der Waals surface area (Å²) in [6, 6.07) is 19.5. The first-order valence-corrected chi connectivity index (χ1v) is 8.64. The van der Waals surface area contributed by atoms with Gasteiger partial charge in [0.05, 0.1) is 11.2 Å². The lowest BCUT2D eigenvalue weighted by Gasteiger charge is -2.32. The van der Waals surface area contributed by atoms with Crippen molar-refractivity contribution in [1.82, 2.24) is 0 Å². The molecule has 0 aromatic heterocycles. The monoisotopic (exact) mass is 338 g/mol. The van der Waals surface area contributed by atoms with Crippen LogP contribution in [0.25, 0.3) is 5.57 Å². The van der Waals surface area contributed by atoms with E-state index in [1.54, 1.807) is 0 Å². The summed E-state index contributed by atoms with van der Waals surface area (Å²) >= 11 is 0. The van der Waals surface area contributed by atoms with Crippen LogP contribution in [0.5, 0.6) is 0 Å². The summed E-state index contributed by atoms with van der Waals surface area (Å²) in [5.41, 5.74) is 1.01. The second kappa shape index (κ2) is 6.78. The molecular formula is C21H24BFO2.